The smallest absolute Gasteiger partial charge is 0.168 e. The largest absolute Gasteiger partial charge is 0.381 e. The number of hydrogen-bond donors (Lipinski definition) is 1. The Balaban J connectivity index is 2.59. The number of anilines is 1. The lowest BCUT2D eigenvalue weighted by Gasteiger charge is -2.01. The van der Waals surface area contributed by atoms with Gasteiger partial charge in [0.25, 0.3) is 0 Å². The van der Waals surface area contributed by atoms with Crippen molar-refractivity contribution in [2.45, 2.75) is 0 Å². The lowest BCUT2D eigenvalue weighted by atomic mass is 10.3. The normalized spacial score (nSPS) is 9.64. The summed E-state index contributed by atoms with van der Waals surface area (Å²) in [5.41, 5.74) is 6.79. The van der Waals surface area contributed by atoms with Crippen LogP contribution in [0, 0.1) is 11.3 Å². The second-order valence-electron chi connectivity index (χ2n) is 2.80. The molecule has 1 aromatic carbocycles. The van der Waals surface area contributed by atoms with Crippen molar-refractivity contribution in [2.75, 3.05) is 5.73 Å². The third-order valence-electron chi connectivity index (χ3n) is 1.94. The molecule has 0 aliphatic rings. The van der Waals surface area contributed by atoms with Crippen molar-refractivity contribution in [3.05, 3.63) is 42.4 Å². The first kappa shape index (κ1) is 8.32. The summed E-state index contributed by atoms with van der Waals surface area (Å²) in [6.45, 7) is 0. The molecule has 0 atom stereocenters. The number of nitrogens with two attached hydrogens (primary N) is 1. The van der Waals surface area contributed by atoms with Gasteiger partial charge in [0.15, 0.2) is 11.5 Å². The maximum absolute atomic E-state index is 8.86. The number of nitrogen functional groups attached to an aromatic ring is 1. The standard InChI is InChI=1S/C10H8N4/c11-6-9-10(12)13-7-14(9)8-4-2-1-3-5-8/h1-5,7H,12H2. The number of nitrogens with zero attached hydrogens (tertiary/aromatic N) is 3. The van der Waals surface area contributed by atoms with Gasteiger partial charge < -0.3 is 5.73 Å². The van der Waals surface area contributed by atoms with Crippen LogP contribution in [0.4, 0.5) is 5.82 Å². The number of imidazole rings is 1. The van der Waals surface area contributed by atoms with Crippen LogP contribution in [0.25, 0.3) is 5.69 Å². The highest BCUT2D eigenvalue weighted by molar-refractivity contribution is 5.49. The van der Waals surface area contributed by atoms with Gasteiger partial charge in [-0.1, -0.05) is 18.2 Å². The summed E-state index contributed by atoms with van der Waals surface area (Å²) in [6, 6.07) is 11.5. The maximum Gasteiger partial charge on any atom is 0.168 e. The zero-order chi connectivity index (χ0) is 9.97. The number of benzene rings is 1. The zero-order valence-electron chi connectivity index (χ0n) is 7.38. The van der Waals surface area contributed by atoms with E-state index in [-0.39, 0.29) is 5.82 Å². The Kier molecular flexibility index (Phi) is 1.92. The van der Waals surface area contributed by atoms with E-state index in [9.17, 15) is 0 Å². The fourth-order valence-electron chi connectivity index (χ4n) is 1.26. The molecular weight excluding hydrogens is 176 g/mol. The average Bonchev–Trinajstić information content (AvgIpc) is 2.61. The molecule has 1 aromatic heterocycles. The van der Waals surface area contributed by atoms with E-state index in [2.05, 4.69) is 4.98 Å². The molecule has 0 aliphatic heterocycles. The van der Waals surface area contributed by atoms with Gasteiger partial charge in [0, 0.05) is 5.69 Å². The van der Waals surface area contributed by atoms with Crippen LogP contribution in [-0.2, 0) is 0 Å². The Hall–Kier alpha value is -2.28. The van der Waals surface area contributed by atoms with Gasteiger partial charge in [-0.3, -0.25) is 4.57 Å². The van der Waals surface area contributed by atoms with Crippen LogP contribution in [0.3, 0.4) is 0 Å². The molecule has 2 N–H and O–H groups in total. The van der Waals surface area contributed by atoms with Gasteiger partial charge in [0.2, 0.25) is 0 Å². The lowest BCUT2D eigenvalue weighted by molar-refractivity contribution is 1.04. The predicted octanol–water partition coefficient (Wildman–Crippen LogP) is 1.33. The summed E-state index contributed by atoms with van der Waals surface area (Å²) >= 11 is 0. The highest BCUT2D eigenvalue weighted by atomic mass is 15.1. The minimum absolute atomic E-state index is 0.261. The van der Waals surface area contributed by atoms with Gasteiger partial charge in [-0.25, -0.2) is 4.98 Å². The van der Waals surface area contributed by atoms with Crippen LogP contribution in [0.15, 0.2) is 36.7 Å². The minimum Gasteiger partial charge on any atom is -0.381 e. The minimum atomic E-state index is 0.261. The van der Waals surface area contributed by atoms with Crippen LogP contribution < -0.4 is 5.73 Å². The van der Waals surface area contributed by atoms with Crippen molar-refractivity contribution in [1.82, 2.24) is 9.55 Å². The first-order valence-corrected chi connectivity index (χ1v) is 4.11. The molecule has 2 rings (SSSR count). The number of hydrogen-bond acceptors (Lipinski definition) is 3. The van der Waals surface area contributed by atoms with Crippen LogP contribution >= 0.6 is 0 Å². The molecule has 0 radical (unpaired) electrons. The molecule has 0 bridgehead atoms. The molecule has 4 heteroatoms. The van der Waals surface area contributed by atoms with Gasteiger partial charge in [0.05, 0.1) is 0 Å². The molecule has 4 nitrogen and oxygen atoms in total. The van der Waals surface area contributed by atoms with Gasteiger partial charge in [-0.05, 0) is 12.1 Å². The van der Waals surface area contributed by atoms with Crippen molar-refractivity contribution in [1.29, 1.82) is 5.26 Å². The highest BCUT2D eigenvalue weighted by Crippen LogP contribution is 2.14. The molecule has 14 heavy (non-hydrogen) atoms. The Morgan fingerprint density at radius 2 is 2.00 bits per heavy atom. The van der Waals surface area contributed by atoms with Gasteiger partial charge in [-0.2, -0.15) is 5.26 Å². The summed E-state index contributed by atoms with van der Waals surface area (Å²) in [6.07, 6.45) is 1.54. The summed E-state index contributed by atoms with van der Waals surface area (Å²) in [7, 11) is 0. The molecule has 2 aromatic rings. The van der Waals surface area contributed by atoms with E-state index in [1.807, 2.05) is 36.4 Å². The molecule has 0 amide bonds. The molecule has 0 saturated carbocycles. The highest BCUT2D eigenvalue weighted by Gasteiger charge is 2.07. The topological polar surface area (TPSA) is 67.6 Å². The second kappa shape index (κ2) is 3.23. The maximum atomic E-state index is 8.86. The molecule has 0 aliphatic carbocycles. The van der Waals surface area contributed by atoms with Crippen molar-refractivity contribution in [2.24, 2.45) is 0 Å². The van der Waals surface area contributed by atoms with E-state index in [1.165, 1.54) is 0 Å². The molecule has 0 unspecified atom stereocenters. The fourth-order valence-corrected chi connectivity index (χ4v) is 1.26. The summed E-state index contributed by atoms with van der Waals surface area (Å²) in [4.78, 5) is 3.88. The third-order valence-corrected chi connectivity index (χ3v) is 1.94. The van der Waals surface area contributed by atoms with Gasteiger partial charge >= 0.3 is 0 Å². The quantitative estimate of drug-likeness (QED) is 0.726. The molecule has 0 spiro atoms. The van der Waals surface area contributed by atoms with E-state index in [0.29, 0.717) is 5.69 Å². The van der Waals surface area contributed by atoms with E-state index in [1.54, 1.807) is 10.9 Å². The number of rotatable bonds is 1. The summed E-state index contributed by atoms with van der Waals surface area (Å²) in [5.74, 6) is 0.261. The first-order valence-electron chi connectivity index (χ1n) is 4.11. The molecule has 0 saturated heterocycles. The lowest BCUT2D eigenvalue weighted by Crippen LogP contribution is -1.97. The third kappa shape index (κ3) is 1.21. The Morgan fingerprint density at radius 1 is 1.29 bits per heavy atom. The van der Waals surface area contributed by atoms with E-state index < -0.39 is 0 Å². The predicted molar refractivity (Wildman–Crippen MR) is 52.7 cm³/mol. The van der Waals surface area contributed by atoms with Gasteiger partial charge in [-0.15, -0.1) is 0 Å². The Bertz CT molecular complexity index is 479. The monoisotopic (exact) mass is 184 g/mol. The fraction of sp³-hybridized carbons (Fsp3) is 0. The summed E-state index contributed by atoms with van der Waals surface area (Å²) in [5, 5.41) is 8.86. The van der Waals surface area contributed by atoms with Crippen LogP contribution in [0.5, 0.6) is 0 Å². The van der Waals surface area contributed by atoms with E-state index in [0.717, 1.165) is 5.69 Å². The number of nitriles is 1. The van der Waals surface area contributed by atoms with Crippen molar-refractivity contribution in [3.63, 3.8) is 0 Å². The van der Waals surface area contributed by atoms with Crippen LogP contribution in [-0.4, -0.2) is 9.55 Å². The van der Waals surface area contributed by atoms with Gasteiger partial charge in [0.1, 0.15) is 12.4 Å². The SMILES string of the molecule is N#Cc1c(N)ncn1-c1ccccc1. The average molecular weight is 184 g/mol. The number of para-hydroxylation sites is 1. The number of aromatic nitrogens is 2. The zero-order valence-corrected chi connectivity index (χ0v) is 7.38. The Labute approximate surface area is 81.2 Å². The van der Waals surface area contributed by atoms with E-state index >= 15 is 0 Å². The summed E-state index contributed by atoms with van der Waals surface area (Å²) < 4.78 is 1.66. The molecule has 1 heterocycles. The second-order valence-corrected chi connectivity index (χ2v) is 2.80. The Morgan fingerprint density at radius 3 is 2.64 bits per heavy atom. The van der Waals surface area contributed by atoms with Crippen molar-refractivity contribution in [3.8, 4) is 11.8 Å². The van der Waals surface area contributed by atoms with Crippen molar-refractivity contribution >= 4 is 5.82 Å². The first-order chi connectivity index (χ1) is 6.83. The molecule has 0 fully saturated rings. The van der Waals surface area contributed by atoms with Crippen molar-refractivity contribution < 1.29 is 0 Å². The molecular formula is C10H8N4. The van der Waals surface area contributed by atoms with Crippen LogP contribution in [0.1, 0.15) is 5.69 Å². The molecule has 68 valence electrons. The van der Waals surface area contributed by atoms with E-state index in [4.69, 9.17) is 11.0 Å². The van der Waals surface area contributed by atoms with Crippen LogP contribution in [0.2, 0.25) is 0 Å².